The maximum atomic E-state index is 12.8. The Morgan fingerprint density at radius 3 is 2.24 bits per heavy atom. The number of hydrogen-bond donors (Lipinski definition) is 1. The third-order valence-electron chi connectivity index (χ3n) is 5.49. The Morgan fingerprint density at radius 1 is 1.06 bits per heavy atom. The molecule has 33 heavy (non-hydrogen) atoms. The SMILES string of the molecule is Cc1ccc(S(=O)(=O)N/N=C(/Cc2ccccc2)C2CCN(C(=O)OC(C)(C)C)CC2)cc1. The summed E-state index contributed by atoms with van der Waals surface area (Å²) in [5.74, 6) is 0.0598. The van der Waals surface area contributed by atoms with Gasteiger partial charge in [0.2, 0.25) is 0 Å². The molecule has 3 rings (SSSR count). The molecule has 1 saturated heterocycles. The Morgan fingerprint density at radius 2 is 1.67 bits per heavy atom. The molecule has 8 heteroatoms. The van der Waals surface area contributed by atoms with E-state index in [0.29, 0.717) is 32.4 Å². The van der Waals surface area contributed by atoms with Gasteiger partial charge in [-0.05, 0) is 58.2 Å². The van der Waals surface area contributed by atoms with Crippen molar-refractivity contribution < 1.29 is 17.9 Å². The van der Waals surface area contributed by atoms with Crippen molar-refractivity contribution in [3.05, 3.63) is 65.7 Å². The highest BCUT2D eigenvalue weighted by atomic mass is 32.2. The molecule has 1 aliphatic heterocycles. The number of benzene rings is 2. The molecule has 1 amide bonds. The fraction of sp³-hybridized carbons (Fsp3) is 0.440. The van der Waals surface area contributed by atoms with Crippen LogP contribution in [0, 0.1) is 12.8 Å². The van der Waals surface area contributed by atoms with Crippen LogP contribution < -0.4 is 4.83 Å². The van der Waals surface area contributed by atoms with Gasteiger partial charge in [0.25, 0.3) is 10.0 Å². The smallest absolute Gasteiger partial charge is 0.410 e. The van der Waals surface area contributed by atoms with Gasteiger partial charge in [-0.25, -0.2) is 9.63 Å². The standard InChI is InChI=1S/C25H33N3O4S/c1-19-10-12-22(13-11-19)33(30,31)27-26-23(18-20-8-6-5-7-9-20)21-14-16-28(17-15-21)24(29)32-25(2,3)4/h5-13,21,27H,14-18H2,1-4H3/b26-23-. The number of carbonyl (C=O) groups excluding carboxylic acids is 1. The summed E-state index contributed by atoms with van der Waals surface area (Å²) in [6.07, 6.45) is 1.60. The normalized spacial score (nSPS) is 15.9. The van der Waals surface area contributed by atoms with E-state index in [2.05, 4.69) is 9.93 Å². The summed E-state index contributed by atoms with van der Waals surface area (Å²) in [4.78, 5) is 16.7. The van der Waals surface area contributed by atoms with E-state index in [1.54, 1.807) is 29.2 Å². The van der Waals surface area contributed by atoms with Gasteiger partial charge in [0.05, 0.1) is 4.90 Å². The second-order valence-electron chi connectivity index (χ2n) is 9.41. The maximum Gasteiger partial charge on any atom is 0.410 e. The van der Waals surface area contributed by atoms with E-state index in [9.17, 15) is 13.2 Å². The van der Waals surface area contributed by atoms with Crippen LogP contribution in [-0.4, -0.2) is 43.8 Å². The number of aryl methyl sites for hydroxylation is 1. The number of carbonyl (C=O) groups is 1. The molecule has 0 bridgehead atoms. The first-order chi connectivity index (χ1) is 15.5. The lowest BCUT2D eigenvalue weighted by Crippen LogP contribution is -2.43. The van der Waals surface area contributed by atoms with Crippen LogP contribution in [0.3, 0.4) is 0 Å². The van der Waals surface area contributed by atoms with Crippen LogP contribution in [0.15, 0.2) is 64.6 Å². The van der Waals surface area contributed by atoms with E-state index in [1.807, 2.05) is 58.0 Å². The first kappa shape index (κ1) is 24.8. The van der Waals surface area contributed by atoms with Gasteiger partial charge in [-0.2, -0.15) is 13.5 Å². The molecular weight excluding hydrogens is 438 g/mol. The molecule has 1 heterocycles. The minimum atomic E-state index is -3.77. The molecule has 7 nitrogen and oxygen atoms in total. The highest BCUT2D eigenvalue weighted by Gasteiger charge is 2.29. The molecule has 1 fully saturated rings. The van der Waals surface area contributed by atoms with Gasteiger partial charge in [-0.15, -0.1) is 0 Å². The van der Waals surface area contributed by atoms with Gasteiger partial charge in [-0.1, -0.05) is 48.0 Å². The summed E-state index contributed by atoms with van der Waals surface area (Å²) >= 11 is 0. The van der Waals surface area contributed by atoms with Crippen molar-refractivity contribution in [3.63, 3.8) is 0 Å². The molecule has 178 valence electrons. The van der Waals surface area contributed by atoms with Gasteiger partial charge >= 0.3 is 6.09 Å². The van der Waals surface area contributed by atoms with Gasteiger partial charge in [0.1, 0.15) is 5.60 Å². The molecule has 1 aliphatic rings. The fourth-order valence-corrected chi connectivity index (χ4v) is 4.53. The lowest BCUT2D eigenvalue weighted by molar-refractivity contribution is 0.0201. The van der Waals surface area contributed by atoms with Crippen LogP contribution in [0.4, 0.5) is 4.79 Å². The van der Waals surface area contributed by atoms with Gasteiger partial charge < -0.3 is 9.64 Å². The predicted octanol–water partition coefficient (Wildman–Crippen LogP) is 4.52. The second-order valence-corrected chi connectivity index (χ2v) is 11.1. The summed E-state index contributed by atoms with van der Waals surface area (Å²) < 4.78 is 31.0. The average Bonchev–Trinajstić information content (AvgIpc) is 2.76. The molecular formula is C25H33N3O4S. The van der Waals surface area contributed by atoms with Crippen molar-refractivity contribution in [2.75, 3.05) is 13.1 Å². The fourth-order valence-electron chi connectivity index (χ4n) is 3.69. The van der Waals surface area contributed by atoms with Crippen LogP contribution in [0.1, 0.15) is 44.7 Å². The largest absolute Gasteiger partial charge is 0.444 e. The molecule has 0 radical (unpaired) electrons. The summed E-state index contributed by atoms with van der Waals surface area (Å²) in [5, 5.41) is 4.39. The predicted molar refractivity (Wildman–Crippen MR) is 130 cm³/mol. The number of nitrogens with one attached hydrogen (secondary N) is 1. The van der Waals surface area contributed by atoms with Crippen molar-refractivity contribution in [1.29, 1.82) is 0 Å². The number of rotatable bonds is 6. The van der Waals surface area contributed by atoms with E-state index in [4.69, 9.17) is 4.74 Å². The summed E-state index contributed by atoms with van der Waals surface area (Å²) in [5.41, 5.74) is 2.27. The van der Waals surface area contributed by atoms with Crippen molar-refractivity contribution in [2.24, 2.45) is 11.0 Å². The van der Waals surface area contributed by atoms with E-state index in [-0.39, 0.29) is 16.9 Å². The van der Waals surface area contributed by atoms with E-state index in [1.165, 1.54) is 0 Å². The van der Waals surface area contributed by atoms with Crippen LogP contribution in [0.5, 0.6) is 0 Å². The number of hydrogen-bond acceptors (Lipinski definition) is 5. The van der Waals surface area contributed by atoms with Crippen molar-refractivity contribution in [2.45, 2.75) is 57.5 Å². The molecule has 0 atom stereocenters. The number of hydrazone groups is 1. The van der Waals surface area contributed by atoms with Crippen LogP contribution in [-0.2, 0) is 21.2 Å². The minimum absolute atomic E-state index is 0.0598. The summed E-state index contributed by atoms with van der Waals surface area (Å²) in [6, 6.07) is 16.5. The molecule has 1 N–H and O–H groups in total. The average molecular weight is 472 g/mol. The molecule has 0 unspecified atom stereocenters. The highest BCUT2D eigenvalue weighted by Crippen LogP contribution is 2.23. The van der Waals surface area contributed by atoms with E-state index in [0.717, 1.165) is 16.8 Å². The molecule has 2 aromatic carbocycles. The minimum Gasteiger partial charge on any atom is -0.444 e. The van der Waals surface area contributed by atoms with Gasteiger partial charge in [0, 0.05) is 31.1 Å². The number of piperidine rings is 1. The number of likely N-dealkylation sites (tertiary alicyclic amines) is 1. The van der Waals surface area contributed by atoms with Gasteiger partial charge in [0.15, 0.2) is 0 Å². The van der Waals surface area contributed by atoms with Crippen LogP contribution >= 0.6 is 0 Å². The first-order valence-corrected chi connectivity index (χ1v) is 12.7. The Bertz CT molecular complexity index is 1070. The summed E-state index contributed by atoms with van der Waals surface area (Å²) in [6.45, 7) is 8.53. The Balaban J connectivity index is 1.75. The monoisotopic (exact) mass is 471 g/mol. The zero-order chi connectivity index (χ0) is 24.1. The lowest BCUT2D eigenvalue weighted by atomic mass is 9.88. The Kier molecular flexibility index (Phi) is 7.79. The maximum absolute atomic E-state index is 12.8. The molecule has 2 aromatic rings. The quantitative estimate of drug-likeness (QED) is 0.496. The van der Waals surface area contributed by atoms with E-state index < -0.39 is 15.6 Å². The van der Waals surface area contributed by atoms with Crippen molar-refractivity contribution >= 4 is 21.8 Å². The first-order valence-electron chi connectivity index (χ1n) is 11.2. The number of amides is 1. The third kappa shape index (κ3) is 7.32. The Hall–Kier alpha value is -2.87. The zero-order valence-corrected chi connectivity index (χ0v) is 20.6. The highest BCUT2D eigenvalue weighted by molar-refractivity contribution is 7.89. The Labute approximate surface area is 196 Å². The van der Waals surface area contributed by atoms with E-state index >= 15 is 0 Å². The number of ether oxygens (including phenoxy) is 1. The molecule has 0 aliphatic carbocycles. The van der Waals surface area contributed by atoms with Gasteiger partial charge in [-0.3, -0.25) is 0 Å². The number of sulfonamides is 1. The van der Waals surface area contributed by atoms with Crippen molar-refractivity contribution in [3.8, 4) is 0 Å². The zero-order valence-electron chi connectivity index (χ0n) is 19.7. The topological polar surface area (TPSA) is 88.1 Å². The summed E-state index contributed by atoms with van der Waals surface area (Å²) in [7, 11) is -3.77. The molecule has 0 saturated carbocycles. The molecule has 0 spiro atoms. The van der Waals surface area contributed by atoms with Crippen LogP contribution in [0.2, 0.25) is 0 Å². The second kappa shape index (κ2) is 10.4. The molecule has 0 aromatic heterocycles. The third-order valence-corrected chi connectivity index (χ3v) is 6.71. The van der Waals surface area contributed by atoms with Crippen LogP contribution in [0.25, 0.3) is 0 Å². The van der Waals surface area contributed by atoms with Crippen molar-refractivity contribution in [1.82, 2.24) is 9.73 Å². The number of nitrogens with zero attached hydrogens (tertiary/aromatic N) is 2. The lowest BCUT2D eigenvalue weighted by Gasteiger charge is -2.34.